The Balaban J connectivity index is 2.26. The third-order valence-corrected chi connectivity index (χ3v) is 2.84. The summed E-state index contributed by atoms with van der Waals surface area (Å²) in [5.74, 6) is 0.976. The first-order valence-corrected chi connectivity index (χ1v) is 6.94. The van der Waals surface area contributed by atoms with Gasteiger partial charge < -0.3 is 10.1 Å². The molecule has 1 N–H and O–H groups in total. The molecule has 0 unspecified atom stereocenters. The monoisotopic (exact) mass is 249 g/mol. The summed E-state index contributed by atoms with van der Waals surface area (Å²) in [7, 11) is 0. The molecule has 0 aliphatic carbocycles. The van der Waals surface area contributed by atoms with E-state index in [1.54, 1.807) is 0 Å². The van der Waals surface area contributed by atoms with Crippen molar-refractivity contribution in [3.05, 3.63) is 29.8 Å². The van der Waals surface area contributed by atoms with E-state index in [2.05, 4.69) is 57.3 Å². The van der Waals surface area contributed by atoms with Gasteiger partial charge in [0.1, 0.15) is 5.75 Å². The lowest BCUT2D eigenvalue weighted by molar-refractivity contribution is 0.269. The van der Waals surface area contributed by atoms with Crippen LogP contribution in [0.25, 0.3) is 0 Å². The summed E-state index contributed by atoms with van der Waals surface area (Å²) in [4.78, 5) is 0. The second kappa shape index (κ2) is 7.42. The zero-order chi connectivity index (χ0) is 13.4. The zero-order valence-electron chi connectivity index (χ0n) is 12.3. The van der Waals surface area contributed by atoms with Crippen LogP contribution >= 0.6 is 0 Å². The quantitative estimate of drug-likeness (QED) is 0.737. The number of nitrogens with one attached hydrogen (secondary N) is 1. The highest BCUT2D eigenvalue weighted by Gasteiger charge is 2.09. The predicted molar refractivity (Wildman–Crippen MR) is 78.0 cm³/mol. The Morgan fingerprint density at radius 1 is 1.11 bits per heavy atom. The zero-order valence-corrected chi connectivity index (χ0v) is 12.3. The molecule has 0 saturated carbocycles. The van der Waals surface area contributed by atoms with E-state index in [0.717, 1.165) is 31.9 Å². The van der Waals surface area contributed by atoms with Crippen molar-refractivity contribution in [3.63, 3.8) is 0 Å². The first-order valence-electron chi connectivity index (χ1n) is 6.94. The molecule has 1 aromatic rings. The van der Waals surface area contributed by atoms with Gasteiger partial charge in [0.05, 0.1) is 6.61 Å². The van der Waals surface area contributed by atoms with E-state index in [-0.39, 0.29) is 0 Å². The topological polar surface area (TPSA) is 21.3 Å². The lowest BCUT2D eigenvalue weighted by Crippen LogP contribution is -2.11. The highest BCUT2D eigenvalue weighted by Crippen LogP contribution is 2.21. The fourth-order valence-corrected chi connectivity index (χ4v) is 1.77. The molecule has 2 heteroatoms. The largest absolute Gasteiger partial charge is 0.494 e. The Kier molecular flexibility index (Phi) is 6.20. The lowest BCUT2D eigenvalue weighted by Gasteiger charge is -2.17. The van der Waals surface area contributed by atoms with Crippen molar-refractivity contribution in [1.82, 2.24) is 5.32 Å². The lowest BCUT2D eigenvalue weighted by atomic mass is 9.91. The molecule has 1 rings (SSSR count). The molecule has 1 aromatic carbocycles. The molecule has 0 radical (unpaired) electrons. The summed E-state index contributed by atoms with van der Waals surface area (Å²) >= 11 is 0. The molecular weight excluding hydrogens is 222 g/mol. The number of ether oxygens (including phenoxy) is 1. The van der Waals surface area contributed by atoms with Gasteiger partial charge in [-0.1, -0.05) is 39.8 Å². The van der Waals surface area contributed by atoms with Crippen molar-refractivity contribution in [3.8, 4) is 5.75 Å². The Bertz CT molecular complexity index is 324. The van der Waals surface area contributed by atoms with Crippen LogP contribution in [0.2, 0.25) is 0 Å². The van der Waals surface area contributed by atoms with Crippen LogP contribution in [0.15, 0.2) is 24.3 Å². The highest BCUT2D eigenvalue weighted by molar-refractivity contribution is 5.27. The molecule has 0 aromatic heterocycles. The van der Waals surface area contributed by atoms with Crippen LogP contribution in [0, 0.1) is 5.41 Å². The Hall–Kier alpha value is -1.02. The molecule has 0 aliphatic rings. The van der Waals surface area contributed by atoms with E-state index >= 15 is 0 Å². The summed E-state index contributed by atoms with van der Waals surface area (Å²) in [6, 6.07) is 8.37. The Morgan fingerprint density at radius 3 is 2.33 bits per heavy atom. The van der Waals surface area contributed by atoms with Crippen LogP contribution in [-0.2, 0) is 6.54 Å². The van der Waals surface area contributed by atoms with Gasteiger partial charge in [-0.05, 0) is 42.5 Å². The molecule has 0 saturated heterocycles. The van der Waals surface area contributed by atoms with Crippen LogP contribution in [-0.4, -0.2) is 13.2 Å². The molecule has 0 spiro atoms. The van der Waals surface area contributed by atoms with E-state index < -0.39 is 0 Å². The molecule has 0 aliphatic heterocycles. The van der Waals surface area contributed by atoms with Gasteiger partial charge in [0.2, 0.25) is 0 Å². The van der Waals surface area contributed by atoms with Crippen molar-refractivity contribution in [2.45, 2.75) is 47.1 Å². The van der Waals surface area contributed by atoms with Gasteiger partial charge in [0, 0.05) is 6.54 Å². The number of rotatable bonds is 7. The van der Waals surface area contributed by atoms with E-state index in [1.807, 2.05) is 0 Å². The van der Waals surface area contributed by atoms with Gasteiger partial charge in [0.15, 0.2) is 0 Å². The van der Waals surface area contributed by atoms with Gasteiger partial charge in [-0.15, -0.1) is 0 Å². The molecule has 0 bridgehead atoms. The standard InChI is InChI=1S/C16H27NO/c1-5-17-13-14-7-9-15(10-8-14)18-12-6-11-16(2,3)4/h7-10,17H,5-6,11-13H2,1-4H3. The summed E-state index contributed by atoms with van der Waals surface area (Å²) in [5, 5.41) is 3.31. The maximum absolute atomic E-state index is 5.74. The van der Waals surface area contributed by atoms with Crippen molar-refractivity contribution < 1.29 is 4.74 Å². The van der Waals surface area contributed by atoms with Crippen LogP contribution in [0.4, 0.5) is 0 Å². The second-order valence-electron chi connectivity index (χ2n) is 5.94. The number of benzene rings is 1. The Morgan fingerprint density at radius 2 is 1.78 bits per heavy atom. The van der Waals surface area contributed by atoms with E-state index in [0.29, 0.717) is 5.41 Å². The highest BCUT2D eigenvalue weighted by atomic mass is 16.5. The van der Waals surface area contributed by atoms with Crippen LogP contribution in [0.1, 0.15) is 46.1 Å². The molecule has 2 nitrogen and oxygen atoms in total. The first kappa shape index (κ1) is 15.0. The third-order valence-electron chi connectivity index (χ3n) is 2.84. The van der Waals surface area contributed by atoms with E-state index in [9.17, 15) is 0 Å². The summed E-state index contributed by atoms with van der Waals surface area (Å²) in [6.07, 6.45) is 2.31. The van der Waals surface area contributed by atoms with Crippen LogP contribution in [0.3, 0.4) is 0 Å². The summed E-state index contributed by atoms with van der Waals surface area (Å²) in [5.41, 5.74) is 1.71. The van der Waals surface area contributed by atoms with Crippen LogP contribution in [0.5, 0.6) is 5.75 Å². The fraction of sp³-hybridized carbons (Fsp3) is 0.625. The van der Waals surface area contributed by atoms with Crippen molar-refractivity contribution in [2.24, 2.45) is 5.41 Å². The molecule has 102 valence electrons. The van der Waals surface area contributed by atoms with E-state index in [4.69, 9.17) is 4.74 Å². The summed E-state index contributed by atoms with van der Waals surface area (Å²) in [6.45, 7) is 11.7. The van der Waals surface area contributed by atoms with Gasteiger partial charge in [0.25, 0.3) is 0 Å². The predicted octanol–water partition coefficient (Wildman–Crippen LogP) is 4.00. The number of hydrogen-bond acceptors (Lipinski definition) is 2. The maximum Gasteiger partial charge on any atom is 0.119 e. The summed E-state index contributed by atoms with van der Waals surface area (Å²) < 4.78 is 5.74. The van der Waals surface area contributed by atoms with Crippen molar-refractivity contribution in [1.29, 1.82) is 0 Å². The molecule has 18 heavy (non-hydrogen) atoms. The SMILES string of the molecule is CCNCc1ccc(OCCCC(C)(C)C)cc1. The number of hydrogen-bond donors (Lipinski definition) is 1. The minimum atomic E-state index is 0.402. The van der Waals surface area contributed by atoms with Gasteiger partial charge >= 0.3 is 0 Å². The normalized spacial score (nSPS) is 11.6. The van der Waals surface area contributed by atoms with Gasteiger partial charge in [-0.25, -0.2) is 0 Å². The van der Waals surface area contributed by atoms with Crippen LogP contribution < -0.4 is 10.1 Å². The molecule has 0 heterocycles. The molecule has 0 amide bonds. The Labute approximate surface area is 112 Å². The first-order chi connectivity index (χ1) is 8.51. The minimum Gasteiger partial charge on any atom is -0.494 e. The van der Waals surface area contributed by atoms with Gasteiger partial charge in [-0.2, -0.15) is 0 Å². The minimum absolute atomic E-state index is 0.402. The van der Waals surface area contributed by atoms with Crippen molar-refractivity contribution in [2.75, 3.05) is 13.2 Å². The average Bonchev–Trinajstić information content (AvgIpc) is 2.32. The maximum atomic E-state index is 5.74. The third kappa shape index (κ3) is 6.65. The van der Waals surface area contributed by atoms with Gasteiger partial charge in [-0.3, -0.25) is 0 Å². The van der Waals surface area contributed by atoms with E-state index in [1.165, 1.54) is 12.0 Å². The smallest absolute Gasteiger partial charge is 0.119 e. The fourth-order valence-electron chi connectivity index (χ4n) is 1.77. The second-order valence-corrected chi connectivity index (χ2v) is 5.94. The molecule has 0 fully saturated rings. The average molecular weight is 249 g/mol. The molecule has 0 atom stereocenters. The van der Waals surface area contributed by atoms with Crippen molar-refractivity contribution >= 4 is 0 Å². The molecular formula is C16H27NO.